The molecule has 3 atom stereocenters. The minimum absolute atomic E-state index is 0.104. The van der Waals surface area contributed by atoms with Crippen molar-refractivity contribution in [3.8, 4) is 0 Å². The number of carbonyl (C=O) groups excluding carboxylic acids is 1. The van der Waals surface area contributed by atoms with Gasteiger partial charge in [-0.25, -0.2) is 0 Å². The molecule has 3 nitrogen and oxygen atoms in total. The van der Waals surface area contributed by atoms with Gasteiger partial charge in [0.25, 0.3) is 0 Å². The average Bonchev–Trinajstić information content (AvgIpc) is 2.59. The minimum atomic E-state index is -0.183. The zero-order chi connectivity index (χ0) is 17.1. The number of piperidine rings is 1. The number of fused-ring (bicyclic) bond motifs is 1. The molecular formula is C22H29NO2. The molecule has 3 heteroatoms. The van der Waals surface area contributed by atoms with Crippen LogP contribution in [0.1, 0.15) is 56.1 Å². The molecule has 3 aliphatic carbocycles. The topological polar surface area (TPSA) is 29.5 Å². The smallest absolute Gasteiger partial charge is 0.134 e. The normalized spacial score (nSPS) is 38.0. The van der Waals surface area contributed by atoms with Gasteiger partial charge in [-0.15, -0.1) is 0 Å². The maximum absolute atomic E-state index is 12.5. The number of Topliss-reactive ketones (excluding diaryl/α,β-unsaturated/α-hetero) is 1. The summed E-state index contributed by atoms with van der Waals surface area (Å²) in [6.07, 6.45) is 8.58. The molecule has 0 spiro atoms. The summed E-state index contributed by atoms with van der Waals surface area (Å²) in [5, 5.41) is 0. The van der Waals surface area contributed by atoms with E-state index in [4.69, 9.17) is 4.74 Å². The molecule has 2 bridgehead atoms. The molecule has 1 saturated heterocycles. The van der Waals surface area contributed by atoms with Crippen molar-refractivity contribution in [3.63, 3.8) is 0 Å². The van der Waals surface area contributed by atoms with Crippen molar-refractivity contribution in [2.24, 2.45) is 5.92 Å². The summed E-state index contributed by atoms with van der Waals surface area (Å²) in [5.41, 5.74) is 2.57. The summed E-state index contributed by atoms with van der Waals surface area (Å²) in [7, 11) is 1.90. The molecule has 25 heavy (non-hydrogen) atoms. The number of benzene rings is 1. The second-order valence-electron chi connectivity index (χ2n) is 8.81. The van der Waals surface area contributed by atoms with Crippen LogP contribution in [0.25, 0.3) is 0 Å². The standard InChI is InChI=1S/C22H29NO2/c1-25-22-10-9-18(24)14-21(22)11-12-23(15-16-5-4-6-16)20(22)13-17-7-2-3-8-19(17)21/h2-3,7-8,16,20H,4-6,9-15H2,1H3/t20?,21-,22-/m1/s1. The molecular weight excluding hydrogens is 310 g/mol. The molecule has 2 saturated carbocycles. The average molecular weight is 339 g/mol. The van der Waals surface area contributed by atoms with Gasteiger partial charge in [0, 0.05) is 38.0 Å². The first kappa shape index (κ1) is 16.0. The second kappa shape index (κ2) is 5.65. The number of hydrogen-bond acceptors (Lipinski definition) is 3. The van der Waals surface area contributed by atoms with Crippen LogP contribution in [0, 0.1) is 5.92 Å². The quantitative estimate of drug-likeness (QED) is 0.844. The molecule has 1 aromatic rings. The van der Waals surface area contributed by atoms with Crippen LogP contribution < -0.4 is 0 Å². The SMILES string of the molecule is CO[C@@]12CCC(=O)C[C@@]13CCN(CC1CCC1)C2Cc1ccccc13. The number of nitrogens with zero attached hydrogens (tertiary/aromatic N) is 1. The van der Waals surface area contributed by atoms with Gasteiger partial charge in [0.2, 0.25) is 0 Å². The zero-order valence-electron chi connectivity index (χ0n) is 15.3. The van der Waals surface area contributed by atoms with E-state index in [0.717, 1.165) is 31.7 Å². The van der Waals surface area contributed by atoms with E-state index in [1.807, 2.05) is 7.11 Å². The molecule has 1 unspecified atom stereocenters. The highest BCUT2D eigenvalue weighted by atomic mass is 16.5. The second-order valence-corrected chi connectivity index (χ2v) is 8.81. The van der Waals surface area contributed by atoms with Crippen LogP contribution >= 0.6 is 0 Å². The Bertz CT molecular complexity index is 697. The number of ketones is 1. The highest BCUT2D eigenvalue weighted by Gasteiger charge is 2.65. The van der Waals surface area contributed by atoms with Gasteiger partial charge in [-0.05, 0) is 55.7 Å². The van der Waals surface area contributed by atoms with Gasteiger partial charge in [-0.3, -0.25) is 9.69 Å². The summed E-state index contributed by atoms with van der Waals surface area (Å²) >= 11 is 0. The van der Waals surface area contributed by atoms with Crippen molar-refractivity contribution in [2.45, 2.75) is 68.4 Å². The van der Waals surface area contributed by atoms with E-state index in [-0.39, 0.29) is 11.0 Å². The first-order valence-electron chi connectivity index (χ1n) is 10.1. The molecule has 134 valence electrons. The molecule has 5 rings (SSSR count). The zero-order valence-corrected chi connectivity index (χ0v) is 15.3. The van der Waals surface area contributed by atoms with Gasteiger partial charge < -0.3 is 4.74 Å². The third-order valence-corrected chi connectivity index (χ3v) is 7.92. The fraction of sp³-hybridized carbons (Fsp3) is 0.682. The van der Waals surface area contributed by atoms with Crippen molar-refractivity contribution in [1.82, 2.24) is 4.90 Å². The third-order valence-electron chi connectivity index (χ3n) is 7.92. The monoisotopic (exact) mass is 339 g/mol. The number of ether oxygens (including phenoxy) is 1. The molecule has 0 amide bonds. The Morgan fingerprint density at radius 2 is 2.08 bits per heavy atom. The van der Waals surface area contributed by atoms with Gasteiger partial charge in [0.1, 0.15) is 5.78 Å². The molecule has 4 aliphatic rings. The lowest BCUT2D eigenvalue weighted by Crippen LogP contribution is -2.74. The highest BCUT2D eigenvalue weighted by Crippen LogP contribution is 2.59. The number of likely N-dealkylation sites (tertiary alicyclic amines) is 1. The van der Waals surface area contributed by atoms with E-state index < -0.39 is 0 Å². The van der Waals surface area contributed by atoms with Gasteiger partial charge in [-0.1, -0.05) is 30.7 Å². The van der Waals surface area contributed by atoms with E-state index in [0.29, 0.717) is 24.7 Å². The Morgan fingerprint density at radius 3 is 2.84 bits per heavy atom. The summed E-state index contributed by atoms with van der Waals surface area (Å²) in [5.74, 6) is 1.30. The number of methoxy groups -OCH3 is 1. The van der Waals surface area contributed by atoms with E-state index in [1.54, 1.807) is 0 Å². The van der Waals surface area contributed by atoms with Crippen LogP contribution in [0.15, 0.2) is 24.3 Å². The summed E-state index contributed by atoms with van der Waals surface area (Å²) in [6.45, 7) is 2.34. The first-order valence-corrected chi connectivity index (χ1v) is 10.1. The molecule has 0 radical (unpaired) electrons. The predicted molar refractivity (Wildman–Crippen MR) is 97.7 cm³/mol. The third kappa shape index (κ3) is 2.09. The number of carbonyl (C=O) groups is 1. The van der Waals surface area contributed by atoms with Crippen LogP contribution in [-0.2, 0) is 21.4 Å². The van der Waals surface area contributed by atoms with Crippen LogP contribution in [0.5, 0.6) is 0 Å². The van der Waals surface area contributed by atoms with Crippen molar-refractivity contribution in [2.75, 3.05) is 20.2 Å². The summed E-state index contributed by atoms with van der Waals surface area (Å²) in [4.78, 5) is 15.3. The number of hydrogen-bond donors (Lipinski definition) is 0. The Hall–Kier alpha value is -1.19. The van der Waals surface area contributed by atoms with Gasteiger partial charge in [0.15, 0.2) is 0 Å². The van der Waals surface area contributed by atoms with Gasteiger partial charge in [0.05, 0.1) is 5.60 Å². The molecule has 3 fully saturated rings. The largest absolute Gasteiger partial charge is 0.376 e. The Morgan fingerprint density at radius 1 is 1.24 bits per heavy atom. The maximum Gasteiger partial charge on any atom is 0.134 e. The fourth-order valence-corrected chi connectivity index (χ4v) is 6.49. The van der Waals surface area contributed by atoms with Crippen LogP contribution in [-0.4, -0.2) is 42.5 Å². The molecule has 1 aliphatic heterocycles. The van der Waals surface area contributed by atoms with Crippen LogP contribution in [0.3, 0.4) is 0 Å². The lowest BCUT2D eigenvalue weighted by Gasteiger charge is -2.65. The molecule has 1 heterocycles. The Balaban J connectivity index is 1.62. The summed E-state index contributed by atoms with van der Waals surface area (Å²) < 4.78 is 6.42. The van der Waals surface area contributed by atoms with E-state index in [1.165, 1.54) is 36.9 Å². The minimum Gasteiger partial charge on any atom is -0.376 e. The van der Waals surface area contributed by atoms with Gasteiger partial charge in [-0.2, -0.15) is 0 Å². The maximum atomic E-state index is 12.5. The predicted octanol–water partition coefficient (Wildman–Crippen LogP) is 3.49. The van der Waals surface area contributed by atoms with E-state index in [2.05, 4.69) is 29.2 Å². The Labute approximate surface area is 150 Å². The fourth-order valence-electron chi connectivity index (χ4n) is 6.49. The molecule has 0 N–H and O–H groups in total. The van der Waals surface area contributed by atoms with Crippen molar-refractivity contribution < 1.29 is 9.53 Å². The molecule has 0 aromatic heterocycles. The van der Waals surface area contributed by atoms with Crippen molar-refractivity contribution in [1.29, 1.82) is 0 Å². The Kier molecular flexibility index (Phi) is 3.62. The lowest BCUT2D eigenvalue weighted by atomic mass is 9.49. The summed E-state index contributed by atoms with van der Waals surface area (Å²) in [6, 6.07) is 9.30. The molecule has 1 aromatic carbocycles. The lowest BCUT2D eigenvalue weighted by molar-refractivity contribution is -0.189. The first-order chi connectivity index (χ1) is 12.2. The van der Waals surface area contributed by atoms with Crippen LogP contribution in [0.2, 0.25) is 0 Å². The van der Waals surface area contributed by atoms with Crippen LogP contribution in [0.4, 0.5) is 0 Å². The van der Waals surface area contributed by atoms with E-state index >= 15 is 0 Å². The van der Waals surface area contributed by atoms with E-state index in [9.17, 15) is 4.79 Å². The van der Waals surface area contributed by atoms with Crippen molar-refractivity contribution in [3.05, 3.63) is 35.4 Å². The number of rotatable bonds is 3. The van der Waals surface area contributed by atoms with Gasteiger partial charge >= 0.3 is 0 Å². The van der Waals surface area contributed by atoms with Crippen molar-refractivity contribution >= 4 is 5.78 Å². The highest BCUT2D eigenvalue weighted by molar-refractivity contribution is 5.82.